The molecule has 2 aromatic rings. The van der Waals surface area contributed by atoms with Gasteiger partial charge in [-0.25, -0.2) is 4.39 Å². The molecule has 4 heterocycles. The number of fused-ring (bicyclic) bond motifs is 1. The third-order valence-corrected chi connectivity index (χ3v) is 6.41. The number of nitrogens with one attached hydrogen (secondary N) is 1. The van der Waals surface area contributed by atoms with Crippen LogP contribution < -0.4 is 5.32 Å². The van der Waals surface area contributed by atoms with Gasteiger partial charge < -0.3 is 10.0 Å². The number of nitrogens with zero attached hydrogens (tertiary/aromatic N) is 3. The number of pyridine rings is 1. The largest absolute Gasteiger partial charge is 0.392 e. The van der Waals surface area contributed by atoms with E-state index in [2.05, 4.69) is 10.3 Å². The van der Waals surface area contributed by atoms with Crippen LogP contribution in [0, 0.1) is 5.82 Å². The lowest BCUT2D eigenvalue weighted by molar-refractivity contribution is -0.136. The minimum atomic E-state index is -0.690. The molecule has 8 nitrogen and oxygen atoms in total. The van der Waals surface area contributed by atoms with Gasteiger partial charge >= 0.3 is 0 Å². The van der Waals surface area contributed by atoms with E-state index in [-0.39, 0.29) is 36.6 Å². The number of hydrogen-bond acceptors (Lipinski definition) is 6. The number of carbonyl (C=O) groups is 3. The van der Waals surface area contributed by atoms with E-state index in [9.17, 15) is 19.5 Å². The number of amides is 3. The summed E-state index contributed by atoms with van der Waals surface area (Å²) in [4.78, 5) is 44.2. The molecule has 0 radical (unpaired) electrons. The molecule has 0 aliphatic carbocycles. The normalized spacial score (nSPS) is 23.6. The zero-order valence-electron chi connectivity index (χ0n) is 17.4. The van der Waals surface area contributed by atoms with E-state index in [1.54, 1.807) is 30.5 Å². The molecule has 1 unspecified atom stereocenters. The molecular weight excluding hydrogens is 415 g/mol. The quantitative estimate of drug-likeness (QED) is 0.696. The second kappa shape index (κ2) is 8.07. The van der Waals surface area contributed by atoms with Crippen LogP contribution in [-0.2, 0) is 22.7 Å². The van der Waals surface area contributed by atoms with Crippen molar-refractivity contribution in [2.75, 3.05) is 13.1 Å². The summed E-state index contributed by atoms with van der Waals surface area (Å²) in [6.07, 6.45) is 2.36. The van der Waals surface area contributed by atoms with Gasteiger partial charge in [-0.3, -0.25) is 29.6 Å². The number of aliphatic hydroxyl groups excluding tert-OH is 1. The second-order valence-corrected chi connectivity index (χ2v) is 8.58. The Morgan fingerprint density at radius 1 is 1.19 bits per heavy atom. The van der Waals surface area contributed by atoms with E-state index >= 15 is 4.39 Å². The van der Waals surface area contributed by atoms with Crippen molar-refractivity contribution in [1.82, 2.24) is 20.1 Å². The SMILES string of the molecule is O=C1CCC(N2Cc3cc(-c4nccc(CN5CC[C@@H](O)C5)c4F)ccc3C2=O)C(=O)N1. The highest BCUT2D eigenvalue weighted by Gasteiger charge is 2.39. The molecule has 0 bridgehead atoms. The number of piperidine rings is 1. The molecule has 5 rings (SSSR count). The predicted molar refractivity (Wildman–Crippen MR) is 112 cm³/mol. The third-order valence-electron chi connectivity index (χ3n) is 6.41. The number of halogens is 1. The van der Waals surface area contributed by atoms with Crippen LogP contribution in [-0.4, -0.2) is 62.8 Å². The molecule has 2 N–H and O–H groups in total. The van der Waals surface area contributed by atoms with Crippen molar-refractivity contribution in [2.24, 2.45) is 0 Å². The van der Waals surface area contributed by atoms with Gasteiger partial charge in [0.05, 0.1) is 6.10 Å². The van der Waals surface area contributed by atoms with E-state index in [0.717, 1.165) is 6.54 Å². The van der Waals surface area contributed by atoms with Gasteiger partial charge in [0, 0.05) is 55.5 Å². The van der Waals surface area contributed by atoms with Crippen molar-refractivity contribution in [2.45, 2.75) is 44.5 Å². The van der Waals surface area contributed by atoms with Crippen LogP contribution in [0.25, 0.3) is 11.3 Å². The Balaban J connectivity index is 1.39. The van der Waals surface area contributed by atoms with Gasteiger partial charge in [0.15, 0.2) is 5.82 Å². The predicted octanol–water partition coefficient (Wildman–Crippen LogP) is 1.22. The van der Waals surface area contributed by atoms with Gasteiger partial charge in [0.25, 0.3) is 5.91 Å². The Bertz CT molecular complexity index is 1120. The van der Waals surface area contributed by atoms with Crippen LogP contribution in [0.15, 0.2) is 30.5 Å². The summed E-state index contributed by atoms with van der Waals surface area (Å²) in [6.45, 7) is 1.86. The number of β-amino-alcohol motifs (C(OH)–C–C–N with tert-alkyl or cyclic N) is 1. The zero-order chi connectivity index (χ0) is 22.4. The molecule has 0 spiro atoms. The molecule has 2 atom stereocenters. The van der Waals surface area contributed by atoms with Gasteiger partial charge in [-0.05, 0) is 36.6 Å². The number of aromatic nitrogens is 1. The van der Waals surface area contributed by atoms with Crippen molar-refractivity contribution in [1.29, 1.82) is 0 Å². The maximum atomic E-state index is 15.3. The number of carbonyl (C=O) groups excluding carboxylic acids is 3. The van der Waals surface area contributed by atoms with Gasteiger partial charge in [-0.15, -0.1) is 0 Å². The Labute approximate surface area is 184 Å². The highest BCUT2D eigenvalue weighted by Crippen LogP contribution is 2.32. The Kier molecular flexibility index (Phi) is 5.22. The monoisotopic (exact) mass is 438 g/mol. The number of imide groups is 1. The standard InChI is InChI=1S/C23H23FN4O4/c24-20-14(10-27-8-6-16(29)12-27)5-7-25-21(20)13-1-2-17-15(9-13)11-28(23(17)32)18-3-4-19(30)26-22(18)31/h1-2,5,7,9,16,18,29H,3-4,6,8,10-12H2,(H,26,30,31)/t16-,18?/m1/s1. The third kappa shape index (κ3) is 3.67. The summed E-state index contributed by atoms with van der Waals surface area (Å²) >= 11 is 0. The molecule has 1 aromatic heterocycles. The molecular formula is C23H23FN4O4. The molecule has 1 aromatic carbocycles. The molecule has 2 saturated heterocycles. The fourth-order valence-corrected chi connectivity index (χ4v) is 4.73. The first-order valence-corrected chi connectivity index (χ1v) is 10.7. The van der Waals surface area contributed by atoms with Crippen molar-refractivity contribution in [3.63, 3.8) is 0 Å². The number of rotatable bonds is 4. The Morgan fingerprint density at radius 2 is 2.03 bits per heavy atom. The summed E-state index contributed by atoms with van der Waals surface area (Å²) < 4.78 is 15.3. The maximum absolute atomic E-state index is 15.3. The van der Waals surface area contributed by atoms with Crippen LogP contribution >= 0.6 is 0 Å². The molecule has 3 amide bonds. The summed E-state index contributed by atoms with van der Waals surface area (Å²) in [5.41, 5.74) is 2.44. The number of aliphatic hydroxyl groups is 1. The average molecular weight is 438 g/mol. The van der Waals surface area contributed by atoms with Crippen LogP contribution in [0.3, 0.4) is 0 Å². The summed E-state index contributed by atoms with van der Waals surface area (Å²) in [7, 11) is 0. The first-order valence-electron chi connectivity index (χ1n) is 10.7. The summed E-state index contributed by atoms with van der Waals surface area (Å²) in [5.74, 6) is -1.48. The van der Waals surface area contributed by atoms with Gasteiger partial charge in [0.2, 0.25) is 11.8 Å². The maximum Gasteiger partial charge on any atom is 0.255 e. The van der Waals surface area contributed by atoms with E-state index in [1.165, 1.54) is 4.90 Å². The highest BCUT2D eigenvalue weighted by molar-refractivity contribution is 6.05. The molecule has 0 saturated carbocycles. The molecule has 3 aliphatic heterocycles. The lowest BCUT2D eigenvalue weighted by atomic mass is 10.0. The summed E-state index contributed by atoms with van der Waals surface area (Å²) in [5, 5.41) is 12.0. The van der Waals surface area contributed by atoms with Crippen molar-refractivity contribution in [3.05, 3.63) is 53.0 Å². The van der Waals surface area contributed by atoms with Crippen LogP contribution in [0.1, 0.15) is 40.7 Å². The molecule has 32 heavy (non-hydrogen) atoms. The first kappa shape index (κ1) is 20.7. The average Bonchev–Trinajstić information content (AvgIpc) is 3.32. The lowest BCUT2D eigenvalue weighted by Crippen LogP contribution is -2.52. The molecule has 9 heteroatoms. The summed E-state index contributed by atoms with van der Waals surface area (Å²) in [6, 6.07) is 6.01. The topological polar surface area (TPSA) is 103 Å². The highest BCUT2D eigenvalue weighted by atomic mass is 19.1. The van der Waals surface area contributed by atoms with Crippen molar-refractivity contribution >= 4 is 17.7 Å². The first-order chi connectivity index (χ1) is 15.4. The van der Waals surface area contributed by atoms with Gasteiger partial charge in [-0.1, -0.05) is 6.07 Å². The van der Waals surface area contributed by atoms with E-state index in [0.29, 0.717) is 48.2 Å². The fourth-order valence-electron chi connectivity index (χ4n) is 4.73. The zero-order valence-corrected chi connectivity index (χ0v) is 17.4. The minimum absolute atomic E-state index is 0.192. The van der Waals surface area contributed by atoms with Gasteiger partial charge in [0.1, 0.15) is 11.7 Å². The Morgan fingerprint density at radius 3 is 2.78 bits per heavy atom. The number of benzene rings is 1. The number of hydrogen-bond donors (Lipinski definition) is 2. The van der Waals surface area contributed by atoms with Gasteiger partial charge in [-0.2, -0.15) is 0 Å². The lowest BCUT2D eigenvalue weighted by Gasteiger charge is -2.29. The van der Waals surface area contributed by atoms with E-state index in [4.69, 9.17) is 0 Å². The van der Waals surface area contributed by atoms with Crippen LogP contribution in [0.4, 0.5) is 4.39 Å². The number of likely N-dealkylation sites (tertiary alicyclic amines) is 1. The van der Waals surface area contributed by atoms with E-state index < -0.39 is 17.8 Å². The smallest absolute Gasteiger partial charge is 0.255 e. The Hall–Kier alpha value is -3.17. The fraction of sp³-hybridized carbons (Fsp3) is 0.391. The molecule has 3 aliphatic rings. The van der Waals surface area contributed by atoms with E-state index in [1.807, 2.05) is 4.90 Å². The molecule has 166 valence electrons. The second-order valence-electron chi connectivity index (χ2n) is 8.58. The van der Waals surface area contributed by atoms with Crippen molar-refractivity contribution < 1.29 is 23.9 Å². The van der Waals surface area contributed by atoms with Crippen LogP contribution in [0.2, 0.25) is 0 Å². The molecule has 2 fully saturated rings. The van der Waals surface area contributed by atoms with Crippen LogP contribution in [0.5, 0.6) is 0 Å². The van der Waals surface area contributed by atoms with Crippen molar-refractivity contribution in [3.8, 4) is 11.3 Å². The minimum Gasteiger partial charge on any atom is -0.392 e.